The Bertz CT molecular complexity index is 1300. The Morgan fingerprint density at radius 1 is 1.20 bits per heavy atom. The number of phenols is 1. The van der Waals surface area contributed by atoms with Crippen molar-refractivity contribution in [1.82, 2.24) is 10.2 Å². The number of phenolic OH excluding ortho intramolecular Hbond substituents is 1. The molecule has 0 bridgehead atoms. The Balaban J connectivity index is 1.85. The fourth-order valence-electron chi connectivity index (χ4n) is 6.99. The van der Waals surface area contributed by atoms with Gasteiger partial charge in [-0.15, -0.1) is 0 Å². The van der Waals surface area contributed by atoms with E-state index in [1.165, 1.54) is 26.1 Å². The van der Waals surface area contributed by atoms with E-state index in [0.29, 0.717) is 6.07 Å². The van der Waals surface area contributed by atoms with E-state index in [9.17, 15) is 50.6 Å². The van der Waals surface area contributed by atoms with Gasteiger partial charge in [0.25, 0.3) is 0 Å². The highest BCUT2D eigenvalue weighted by atomic mass is 19.4. The fourth-order valence-corrected chi connectivity index (χ4v) is 6.99. The second-order valence-electron chi connectivity index (χ2n) is 11.1. The molecular weight excluding hydrogens is 564 g/mol. The van der Waals surface area contributed by atoms with Crippen LogP contribution in [0.25, 0.3) is 0 Å². The van der Waals surface area contributed by atoms with Gasteiger partial charge >= 0.3 is 12.4 Å². The van der Waals surface area contributed by atoms with E-state index in [4.69, 9.17) is 10.5 Å². The van der Waals surface area contributed by atoms with Crippen molar-refractivity contribution in [3.05, 3.63) is 28.3 Å². The van der Waals surface area contributed by atoms with E-state index in [1.54, 1.807) is 0 Å². The molecule has 0 radical (unpaired) electrons. The van der Waals surface area contributed by atoms with Gasteiger partial charge < -0.3 is 20.9 Å². The number of Topliss-reactive ketones (excluding diaryl/α,β-unsaturated/α-hetero) is 3. The molecule has 41 heavy (non-hydrogen) atoms. The quantitative estimate of drug-likeness (QED) is 0.337. The summed E-state index contributed by atoms with van der Waals surface area (Å²) in [6.45, 7) is -2.50. The van der Waals surface area contributed by atoms with Crippen molar-refractivity contribution in [3.8, 4) is 5.75 Å². The summed E-state index contributed by atoms with van der Waals surface area (Å²) in [5, 5.41) is 12.5. The molecule has 1 aromatic rings. The second kappa shape index (κ2) is 10.3. The van der Waals surface area contributed by atoms with Gasteiger partial charge in [0.15, 0.2) is 17.3 Å². The highest BCUT2D eigenvalue weighted by Crippen LogP contribution is 2.54. The number of ketones is 3. The van der Waals surface area contributed by atoms with Crippen LogP contribution in [0, 0.1) is 23.7 Å². The summed E-state index contributed by atoms with van der Waals surface area (Å²) >= 11 is 0. The van der Waals surface area contributed by atoms with E-state index >= 15 is 0 Å². The number of alkyl halides is 6. The number of carbonyl (C=O) groups is 4. The van der Waals surface area contributed by atoms with E-state index in [0.717, 1.165) is 0 Å². The highest BCUT2D eigenvalue weighted by molar-refractivity contribution is 6.17. The number of ether oxygens (including phenoxy) is 1. The van der Waals surface area contributed by atoms with Crippen molar-refractivity contribution < 1.29 is 55.4 Å². The number of primary amides is 1. The van der Waals surface area contributed by atoms with Gasteiger partial charge in [0, 0.05) is 26.0 Å². The van der Waals surface area contributed by atoms with Crippen LogP contribution in [0.15, 0.2) is 6.07 Å². The molecule has 1 amide bonds. The van der Waals surface area contributed by atoms with Gasteiger partial charge in [-0.05, 0) is 50.0 Å². The summed E-state index contributed by atoms with van der Waals surface area (Å²) in [6, 6.07) is -0.508. The third-order valence-corrected chi connectivity index (χ3v) is 8.53. The van der Waals surface area contributed by atoms with Gasteiger partial charge in [-0.2, -0.15) is 26.3 Å². The van der Waals surface area contributed by atoms with Gasteiger partial charge in [0.05, 0.1) is 29.6 Å². The van der Waals surface area contributed by atoms with Gasteiger partial charge in [-0.25, -0.2) is 0 Å². The molecule has 1 aromatic carbocycles. The predicted octanol–water partition coefficient (Wildman–Crippen LogP) is 2.01. The first kappa shape index (κ1) is 30.9. The van der Waals surface area contributed by atoms with E-state index < -0.39 is 125 Å². The Hall–Kier alpha value is -3.04. The van der Waals surface area contributed by atoms with Crippen molar-refractivity contribution in [2.24, 2.45) is 29.4 Å². The standard InChI is InChI=1S/C26H29F6N3O6/c1-35(2)19-14-5-10-4-12-17(15(36)6-11(18(12)26(30,31)32)8-34-9-25(27,28)29)21(38)16(10)22(39)24(14,41-3)7-13(20(19)37)23(33)40/h6,10,13-14,16,19,34,36H,4-5,7-9H2,1-3H3,(H2,33,40). The average Bonchev–Trinajstić information content (AvgIpc) is 2.81. The maximum atomic E-state index is 14.4. The smallest absolute Gasteiger partial charge is 0.417 e. The number of amides is 1. The van der Waals surface area contributed by atoms with Crippen LogP contribution in [0.5, 0.6) is 5.75 Å². The topological polar surface area (TPSA) is 139 Å². The predicted molar refractivity (Wildman–Crippen MR) is 129 cm³/mol. The summed E-state index contributed by atoms with van der Waals surface area (Å²) in [6.07, 6.45) is -10.9. The SMILES string of the molecule is COC12CC(C(N)=O)C(=O)C(N(C)C)C1CC1Cc3c(c(O)cc(CNCC(F)(F)F)c3C(F)(F)F)C(=O)C1C2=O. The maximum Gasteiger partial charge on any atom is 0.417 e. The minimum Gasteiger partial charge on any atom is -0.507 e. The van der Waals surface area contributed by atoms with Crippen LogP contribution < -0.4 is 11.1 Å². The van der Waals surface area contributed by atoms with Gasteiger partial charge in [-0.1, -0.05) is 0 Å². The zero-order valence-electron chi connectivity index (χ0n) is 22.3. The monoisotopic (exact) mass is 593 g/mol. The Morgan fingerprint density at radius 2 is 1.83 bits per heavy atom. The number of fused-ring (bicyclic) bond motifs is 3. The molecular formula is C26H29F6N3O6. The Labute approximate surface area is 230 Å². The van der Waals surface area contributed by atoms with Crippen LogP contribution in [-0.4, -0.2) is 78.8 Å². The highest BCUT2D eigenvalue weighted by Gasteiger charge is 2.66. The van der Waals surface area contributed by atoms with Crippen LogP contribution in [0.3, 0.4) is 0 Å². The third-order valence-electron chi connectivity index (χ3n) is 8.53. The number of benzene rings is 1. The lowest BCUT2D eigenvalue weighted by atomic mass is 9.52. The normalized spacial score (nSPS) is 30.2. The number of hydrogen-bond acceptors (Lipinski definition) is 8. The number of likely N-dealkylation sites (N-methyl/N-ethyl adjacent to an activating group) is 1. The molecule has 4 N–H and O–H groups in total. The number of nitrogens with one attached hydrogen (secondary N) is 1. The summed E-state index contributed by atoms with van der Waals surface area (Å²) in [7, 11) is 4.21. The number of carbonyl (C=O) groups excluding carboxylic acids is 4. The number of rotatable bonds is 6. The summed E-state index contributed by atoms with van der Waals surface area (Å²) in [5.41, 5.74) is 0.208. The first-order valence-corrected chi connectivity index (χ1v) is 12.7. The minimum absolute atomic E-state index is 0.121. The molecule has 6 unspecified atom stereocenters. The van der Waals surface area contributed by atoms with Crippen molar-refractivity contribution in [1.29, 1.82) is 0 Å². The molecule has 2 saturated carbocycles. The van der Waals surface area contributed by atoms with Crippen molar-refractivity contribution >= 4 is 23.3 Å². The summed E-state index contributed by atoms with van der Waals surface area (Å²) in [4.78, 5) is 54.6. The third kappa shape index (κ3) is 5.12. The molecule has 0 aliphatic heterocycles. The van der Waals surface area contributed by atoms with Gasteiger partial charge in [0.1, 0.15) is 17.3 Å². The Kier molecular flexibility index (Phi) is 7.80. The molecule has 3 aliphatic rings. The molecule has 3 aliphatic carbocycles. The average molecular weight is 594 g/mol. The molecule has 2 fully saturated rings. The molecule has 15 heteroatoms. The van der Waals surface area contributed by atoms with Crippen molar-refractivity contribution in [3.63, 3.8) is 0 Å². The summed E-state index contributed by atoms with van der Waals surface area (Å²) < 4.78 is 86.6. The number of methoxy groups -OCH3 is 1. The molecule has 0 saturated heterocycles. The van der Waals surface area contributed by atoms with Crippen LogP contribution in [0.2, 0.25) is 0 Å². The van der Waals surface area contributed by atoms with Gasteiger partial charge in [-0.3, -0.25) is 24.1 Å². The number of hydrogen-bond donors (Lipinski definition) is 3. The molecule has 0 heterocycles. The van der Waals surface area contributed by atoms with Crippen LogP contribution in [-0.2, 0) is 38.3 Å². The van der Waals surface area contributed by atoms with E-state index in [2.05, 4.69) is 0 Å². The van der Waals surface area contributed by atoms with Crippen LogP contribution >= 0.6 is 0 Å². The van der Waals surface area contributed by atoms with E-state index in [1.807, 2.05) is 5.32 Å². The zero-order valence-corrected chi connectivity index (χ0v) is 22.3. The van der Waals surface area contributed by atoms with Crippen molar-refractivity contribution in [2.75, 3.05) is 27.7 Å². The number of nitrogens with zero attached hydrogens (tertiary/aromatic N) is 1. The lowest BCUT2D eigenvalue weighted by molar-refractivity contribution is -0.182. The lowest BCUT2D eigenvalue weighted by Crippen LogP contribution is -2.70. The largest absolute Gasteiger partial charge is 0.507 e. The molecule has 6 atom stereocenters. The van der Waals surface area contributed by atoms with Gasteiger partial charge in [0.2, 0.25) is 5.91 Å². The number of aromatic hydroxyl groups is 1. The first-order valence-electron chi connectivity index (χ1n) is 12.7. The molecule has 0 aromatic heterocycles. The molecule has 226 valence electrons. The molecule has 9 nitrogen and oxygen atoms in total. The van der Waals surface area contributed by atoms with Crippen LogP contribution in [0.4, 0.5) is 26.3 Å². The summed E-state index contributed by atoms with van der Waals surface area (Å²) in [5.74, 6) is -9.36. The minimum atomic E-state index is -5.11. The maximum absolute atomic E-state index is 14.4. The zero-order chi connectivity index (χ0) is 30.8. The fraction of sp³-hybridized carbons (Fsp3) is 0.615. The van der Waals surface area contributed by atoms with Crippen LogP contribution in [0.1, 0.15) is 39.9 Å². The van der Waals surface area contributed by atoms with Crippen molar-refractivity contribution in [2.45, 2.75) is 49.8 Å². The number of halogens is 6. The molecule has 0 spiro atoms. The Morgan fingerprint density at radius 3 is 2.34 bits per heavy atom. The lowest BCUT2D eigenvalue weighted by Gasteiger charge is -2.55. The first-order chi connectivity index (χ1) is 18.9. The van der Waals surface area contributed by atoms with E-state index in [-0.39, 0.29) is 6.42 Å². The second-order valence-corrected chi connectivity index (χ2v) is 11.1. The molecule has 4 rings (SSSR count). The number of nitrogens with two attached hydrogens (primary N) is 1.